The molecule has 0 amide bonds. The van der Waals surface area contributed by atoms with Crippen LogP contribution >= 0.6 is 0 Å². The van der Waals surface area contributed by atoms with Gasteiger partial charge >= 0.3 is 0 Å². The summed E-state index contributed by atoms with van der Waals surface area (Å²) in [7, 11) is 2.09. The minimum atomic E-state index is -0.182. The average molecular weight is 529 g/mol. The summed E-state index contributed by atoms with van der Waals surface area (Å²) in [5.74, 6) is 1.65. The number of amidine groups is 2. The molecule has 0 aliphatic carbocycles. The first kappa shape index (κ1) is 24.7. The lowest BCUT2D eigenvalue weighted by Gasteiger charge is -2.33. The highest BCUT2D eigenvalue weighted by Crippen LogP contribution is 2.33. The van der Waals surface area contributed by atoms with Crippen molar-refractivity contribution in [2.75, 3.05) is 7.05 Å². The minimum absolute atomic E-state index is 0.182. The molecule has 0 bridgehead atoms. The van der Waals surface area contributed by atoms with E-state index >= 15 is 0 Å². The van der Waals surface area contributed by atoms with Crippen LogP contribution in [0.5, 0.6) is 0 Å². The quantitative estimate of drug-likeness (QED) is 0.225. The molecule has 41 heavy (non-hydrogen) atoms. The van der Waals surface area contributed by atoms with Gasteiger partial charge in [0.1, 0.15) is 12.0 Å². The fourth-order valence-corrected chi connectivity index (χ4v) is 5.47. The van der Waals surface area contributed by atoms with Crippen LogP contribution in [-0.4, -0.2) is 28.6 Å². The first-order chi connectivity index (χ1) is 20.2. The largest absolute Gasteiger partial charge is 0.333 e. The number of hydrogen-bond acceptors (Lipinski definition) is 4. The van der Waals surface area contributed by atoms with Gasteiger partial charge in [0.2, 0.25) is 0 Å². The van der Waals surface area contributed by atoms with Crippen molar-refractivity contribution in [3.8, 4) is 22.3 Å². The summed E-state index contributed by atoms with van der Waals surface area (Å²) in [6, 6.07) is 46.6. The molecule has 1 aliphatic heterocycles. The standard InChI is InChI=1S/C37H28N4/c1-41-36(31-11-6-3-7-12-31)39-35(30-9-4-2-5-10-30)40-37(41)33-14-8-13-29-19-20-32(25-34(29)33)27-17-15-26(16-18-27)28-21-23-38-24-22-28/h2-25,36H,1H3. The molecule has 0 N–H and O–H groups in total. The van der Waals surface area contributed by atoms with E-state index in [0.717, 1.165) is 39.3 Å². The first-order valence-corrected chi connectivity index (χ1v) is 13.8. The van der Waals surface area contributed by atoms with Crippen molar-refractivity contribution in [3.05, 3.63) is 163 Å². The molecule has 7 rings (SSSR count). The lowest BCUT2D eigenvalue weighted by atomic mass is 9.96. The second kappa shape index (κ2) is 10.7. The Kier molecular flexibility index (Phi) is 6.42. The third kappa shape index (κ3) is 4.81. The predicted octanol–water partition coefficient (Wildman–Crippen LogP) is 8.41. The zero-order chi connectivity index (χ0) is 27.6. The van der Waals surface area contributed by atoms with Crippen LogP contribution in [0.2, 0.25) is 0 Å². The Morgan fingerprint density at radius 1 is 0.561 bits per heavy atom. The number of nitrogens with zero attached hydrogens (tertiary/aromatic N) is 4. The molecular formula is C37H28N4. The van der Waals surface area contributed by atoms with Crippen molar-refractivity contribution in [1.82, 2.24) is 9.88 Å². The molecule has 1 unspecified atom stereocenters. The lowest BCUT2D eigenvalue weighted by Crippen LogP contribution is -2.35. The molecule has 1 aliphatic rings. The maximum absolute atomic E-state index is 5.16. The van der Waals surface area contributed by atoms with Crippen LogP contribution in [0.1, 0.15) is 22.9 Å². The number of fused-ring (bicyclic) bond motifs is 1. The molecule has 1 atom stereocenters. The van der Waals surface area contributed by atoms with Crippen LogP contribution in [0.4, 0.5) is 0 Å². The third-order valence-electron chi connectivity index (χ3n) is 7.64. The molecule has 2 heterocycles. The molecule has 196 valence electrons. The predicted molar refractivity (Wildman–Crippen MR) is 169 cm³/mol. The Balaban J connectivity index is 1.33. The molecule has 0 spiro atoms. The van der Waals surface area contributed by atoms with Crippen molar-refractivity contribution in [2.24, 2.45) is 9.98 Å². The van der Waals surface area contributed by atoms with Crippen molar-refractivity contribution in [3.63, 3.8) is 0 Å². The van der Waals surface area contributed by atoms with E-state index in [-0.39, 0.29) is 6.17 Å². The Hall–Kier alpha value is -5.35. The van der Waals surface area contributed by atoms with Gasteiger partial charge in [0.25, 0.3) is 0 Å². The number of benzene rings is 5. The molecule has 0 radical (unpaired) electrons. The fourth-order valence-electron chi connectivity index (χ4n) is 5.47. The fraction of sp³-hybridized carbons (Fsp3) is 0.0541. The highest BCUT2D eigenvalue weighted by molar-refractivity contribution is 6.17. The molecule has 0 fully saturated rings. The number of hydrogen-bond donors (Lipinski definition) is 0. The van der Waals surface area contributed by atoms with E-state index in [0.29, 0.717) is 0 Å². The van der Waals surface area contributed by atoms with Crippen molar-refractivity contribution < 1.29 is 0 Å². The lowest BCUT2D eigenvalue weighted by molar-refractivity contribution is 0.383. The van der Waals surface area contributed by atoms with Gasteiger partial charge in [-0.05, 0) is 56.8 Å². The second-order valence-electron chi connectivity index (χ2n) is 10.2. The topological polar surface area (TPSA) is 40.9 Å². The zero-order valence-electron chi connectivity index (χ0n) is 22.7. The summed E-state index contributed by atoms with van der Waals surface area (Å²) in [5.41, 5.74) is 7.91. The van der Waals surface area contributed by atoms with Gasteiger partial charge in [-0.25, -0.2) is 9.98 Å². The Labute approximate surface area is 240 Å². The van der Waals surface area contributed by atoms with Crippen molar-refractivity contribution in [2.45, 2.75) is 6.17 Å². The Bertz CT molecular complexity index is 1880. The van der Waals surface area contributed by atoms with Gasteiger partial charge in [0.15, 0.2) is 5.84 Å². The monoisotopic (exact) mass is 528 g/mol. The van der Waals surface area contributed by atoms with Crippen molar-refractivity contribution >= 4 is 22.4 Å². The first-order valence-electron chi connectivity index (χ1n) is 13.8. The van der Waals surface area contributed by atoms with Crippen molar-refractivity contribution in [1.29, 1.82) is 0 Å². The van der Waals surface area contributed by atoms with E-state index in [1.807, 2.05) is 48.8 Å². The number of rotatable bonds is 5. The summed E-state index contributed by atoms with van der Waals surface area (Å²) < 4.78 is 0. The zero-order valence-corrected chi connectivity index (χ0v) is 22.7. The van der Waals surface area contributed by atoms with E-state index in [4.69, 9.17) is 9.98 Å². The van der Waals surface area contributed by atoms with Crippen LogP contribution in [-0.2, 0) is 0 Å². The SMILES string of the molecule is CN1C(c2cccc3ccc(-c4ccc(-c5ccncc5)cc4)cc23)=NC(c2ccccc2)=NC1c1ccccc1. The number of aromatic nitrogens is 1. The van der Waals surface area contributed by atoms with E-state index in [9.17, 15) is 0 Å². The summed E-state index contributed by atoms with van der Waals surface area (Å²) >= 11 is 0. The summed E-state index contributed by atoms with van der Waals surface area (Å²) in [5, 5.41) is 2.34. The van der Waals surface area contributed by atoms with Gasteiger partial charge in [-0.1, -0.05) is 115 Å². The third-order valence-corrected chi connectivity index (χ3v) is 7.64. The van der Waals surface area contributed by atoms with E-state index < -0.39 is 0 Å². The van der Waals surface area contributed by atoms with Crippen LogP contribution in [0.25, 0.3) is 33.0 Å². The minimum Gasteiger partial charge on any atom is -0.333 e. The molecule has 6 aromatic rings. The van der Waals surface area contributed by atoms with E-state index in [1.54, 1.807) is 0 Å². The highest BCUT2D eigenvalue weighted by Gasteiger charge is 2.27. The average Bonchev–Trinajstić information content (AvgIpc) is 3.06. The molecule has 4 nitrogen and oxygen atoms in total. The van der Waals surface area contributed by atoms with Crippen LogP contribution in [0, 0.1) is 0 Å². The maximum Gasteiger partial charge on any atom is 0.159 e. The van der Waals surface area contributed by atoms with E-state index in [1.165, 1.54) is 22.1 Å². The smallest absolute Gasteiger partial charge is 0.159 e. The van der Waals surface area contributed by atoms with Crippen LogP contribution in [0.15, 0.2) is 156 Å². The number of pyridine rings is 1. The molecule has 5 aromatic carbocycles. The van der Waals surface area contributed by atoms with Gasteiger partial charge < -0.3 is 4.90 Å². The normalized spacial score (nSPS) is 15.0. The molecule has 0 saturated heterocycles. The number of aliphatic imine (C=N–C) groups is 2. The van der Waals surface area contributed by atoms with Gasteiger partial charge in [0, 0.05) is 30.6 Å². The summed E-state index contributed by atoms with van der Waals surface area (Å²) in [6.45, 7) is 0. The highest BCUT2D eigenvalue weighted by atomic mass is 15.3. The Morgan fingerprint density at radius 3 is 1.93 bits per heavy atom. The molecular weight excluding hydrogens is 500 g/mol. The molecule has 4 heteroatoms. The summed E-state index contributed by atoms with van der Waals surface area (Å²) in [6.07, 6.45) is 3.48. The second-order valence-corrected chi connectivity index (χ2v) is 10.2. The summed E-state index contributed by atoms with van der Waals surface area (Å²) in [4.78, 5) is 16.6. The van der Waals surface area contributed by atoms with Gasteiger partial charge in [-0.2, -0.15) is 0 Å². The van der Waals surface area contributed by atoms with E-state index in [2.05, 4.69) is 114 Å². The van der Waals surface area contributed by atoms with Gasteiger partial charge in [0.05, 0.1) is 0 Å². The van der Waals surface area contributed by atoms with Crippen LogP contribution in [0.3, 0.4) is 0 Å². The maximum atomic E-state index is 5.16. The van der Waals surface area contributed by atoms with Gasteiger partial charge in [-0.3, -0.25) is 4.98 Å². The molecule has 0 saturated carbocycles. The van der Waals surface area contributed by atoms with Crippen LogP contribution < -0.4 is 0 Å². The Morgan fingerprint density at radius 2 is 1.20 bits per heavy atom. The van der Waals surface area contributed by atoms with Gasteiger partial charge in [-0.15, -0.1) is 0 Å². The molecule has 1 aromatic heterocycles.